The van der Waals surface area contributed by atoms with Crippen molar-refractivity contribution in [3.8, 4) is 17.1 Å². The second-order valence-electron chi connectivity index (χ2n) is 7.06. The molecule has 3 heterocycles. The van der Waals surface area contributed by atoms with E-state index in [1.54, 1.807) is 23.9 Å². The number of fused-ring (bicyclic) bond motifs is 1. The monoisotopic (exact) mass is 426 g/mol. The molecule has 10 heteroatoms. The van der Waals surface area contributed by atoms with Gasteiger partial charge in [0.15, 0.2) is 0 Å². The number of nitrogens with two attached hydrogens (primary N) is 1. The van der Waals surface area contributed by atoms with E-state index in [4.69, 9.17) is 9.88 Å². The normalized spacial score (nSPS) is 11.7. The summed E-state index contributed by atoms with van der Waals surface area (Å²) in [5, 5.41) is 10.6. The van der Waals surface area contributed by atoms with Crippen molar-refractivity contribution < 1.29 is 13.2 Å². The minimum atomic E-state index is -3.80. The second kappa shape index (κ2) is 7.47. The molecule has 0 unspecified atom stereocenters. The van der Waals surface area contributed by atoms with Gasteiger partial charge in [0.05, 0.1) is 23.9 Å². The highest BCUT2D eigenvalue weighted by Crippen LogP contribution is 2.36. The average Bonchev–Trinajstić information content (AvgIpc) is 3.25. The van der Waals surface area contributed by atoms with Crippen LogP contribution in [-0.4, -0.2) is 34.9 Å². The Balaban J connectivity index is 1.80. The Morgan fingerprint density at radius 3 is 2.53 bits per heavy atom. The Bertz CT molecular complexity index is 1320. The number of methoxy groups -OCH3 is 1. The third-order valence-electron chi connectivity index (χ3n) is 4.81. The molecule has 1 aromatic carbocycles. The largest absolute Gasteiger partial charge is 0.480 e. The second-order valence-corrected chi connectivity index (χ2v) is 8.36. The van der Waals surface area contributed by atoms with Gasteiger partial charge < -0.3 is 9.30 Å². The fraction of sp³-hybridized carbons (Fsp3) is 0.200. The predicted octanol–water partition coefficient (Wildman–Crippen LogP) is 2.42. The molecule has 4 rings (SSSR count). The summed E-state index contributed by atoms with van der Waals surface area (Å²) in [5.74, 6) is 0.508. The summed E-state index contributed by atoms with van der Waals surface area (Å²) >= 11 is 0. The molecule has 0 bridgehead atoms. The van der Waals surface area contributed by atoms with Gasteiger partial charge in [0.2, 0.25) is 5.88 Å². The molecule has 3 N–H and O–H groups in total. The van der Waals surface area contributed by atoms with Gasteiger partial charge in [-0.2, -0.15) is 13.5 Å². The van der Waals surface area contributed by atoms with Gasteiger partial charge in [-0.1, -0.05) is 12.1 Å². The maximum atomic E-state index is 11.2. The zero-order valence-corrected chi connectivity index (χ0v) is 17.6. The van der Waals surface area contributed by atoms with E-state index >= 15 is 0 Å². The van der Waals surface area contributed by atoms with E-state index in [9.17, 15) is 8.42 Å². The maximum absolute atomic E-state index is 11.2. The summed E-state index contributed by atoms with van der Waals surface area (Å²) in [4.78, 5) is 4.48. The van der Waals surface area contributed by atoms with E-state index in [1.807, 2.05) is 44.6 Å². The molecule has 4 aromatic rings. The summed E-state index contributed by atoms with van der Waals surface area (Å²) in [7, 11) is -0.340. The number of benzene rings is 1. The van der Waals surface area contributed by atoms with Gasteiger partial charge in [-0.3, -0.25) is 9.40 Å². The number of hydrogen-bond donors (Lipinski definition) is 2. The lowest BCUT2D eigenvalue weighted by molar-refractivity contribution is 0.400. The average molecular weight is 427 g/mol. The molecule has 156 valence electrons. The van der Waals surface area contributed by atoms with Crippen LogP contribution in [0.4, 0.5) is 5.69 Å². The third kappa shape index (κ3) is 3.87. The molecule has 9 nitrogen and oxygen atoms in total. The summed E-state index contributed by atoms with van der Waals surface area (Å²) in [5.41, 5.74) is 5.08. The lowest BCUT2D eigenvalue weighted by Crippen LogP contribution is -2.21. The smallest absolute Gasteiger partial charge is 0.296 e. The van der Waals surface area contributed by atoms with E-state index in [0.29, 0.717) is 18.1 Å². The standard InChI is InChI=1S/C20H22N6O3S/c1-13-11-26(12-14-4-6-15(7-5-14)24-30(21,27)28)19-16(13)10-22-20(29-3)18(19)17-8-9-25(2)23-17/h4-11,24H,12H2,1-3H3,(H2,21,27,28). The quantitative estimate of drug-likeness (QED) is 0.491. The molecule has 0 amide bonds. The van der Waals surface area contributed by atoms with Crippen LogP contribution in [0, 0.1) is 6.92 Å². The first-order chi connectivity index (χ1) is 14.2. The van der Waals surface area contributed by atoms with Crippen LogP contribution < -0.4 is 14.6 Å². The Morgan fingerprint density at radius 2 is 1.93 bits per heavy atom. The number of pyridine rings is 1. The van der Waals surface area contributed by atoms with Gasteiger partial charge in [0.25, 0.3) is 10.2 Å². The number of aromatic nitrogens is 4. The van der Waals surface area contributed by atoms with Crippen LogP contribution in [-0.2, 0) is 23.8 Å². The number of rotatable bonds is 6. The summed E-state index contributed by atoms with van der Waals surface area (Å²) in [6.07, 6.45) is 5.76. The van der Waals surface area contributed by atoms with E-state index < -0.39 is 10.2 Å². The first-order valence-corrected chi connectivity index (χ1v) is 10.7. The van der Waals surface area contributed by atoms with Crippen molar-refractivity contribution in [2.24, 2.45) is 12.2 Å². The number of nitrogens with zero attached hydrogens (tertiary/aromatic N) is 4. The van der Waals surface area contributed by atoms with E-state index in [1.165, 1.54) is 0 Å². The molecular weight excluding hydrogens is 404 g/mol. The molecule has 0 fully saturated rings. The Morgan fingerprint density at radius 1 is 1.20 bits per heavy atom. The van der Waals surface area contributed by atoms with E-state index in [0.717, 1.165) is 33.3 Å². The maximum Gasteiger partial charge on any atom is 0.296 e. The van der Waals surface area contributed by atoms with Crippen LogP contribution in [0.15, 0.2) is 48.9 Å². The molecule has 0 aliphatic rings. The zero-order chi connectivity index (χ0) is 21.5. The number of anilines is 1. The van der Waals surface area contributed by atoms with Gasteiger partial charge in [-0.15, -0.1) is 0 Å². The summed E-state index contributed by atoms with van der Waals surface area (Å²) in [6, 6.07) is 9.00. The van der Waals surface area contributed by atoms with Crippen molar-refractivity contribution >= 4 is 26.8 Å². The molecule has 30 heavy (non-hydrogen) atoms. The number of hydrogen-bond acceptors (Lipinski definition) is 5. The minimum absolute atomic E-state index is 0.412. The topological polar surface area (TPSA) is 117 Å². The van der Waals surface area contributed by atoms with E-state index in [2.05, 4.69) is 25.6 Å². The van der Waals surface area contributed by atoms with Crippen molar-refractivity contribution in [1.29, 1.82) is 0 Å². The first-order valence-electron chi connectivity index (χ1n) is 9.17. The minimum Gasteiger partial charge on any atom is -0.480 e. The van der Waals surface area contributed by atoms with Crippen LogP contribution in [0.3, 0.4) is 0 Å². The van der Waals surface area contributed by atoms with Crippen LogP contribution in [0.5, 0.6) is 5.88 Å². The third-order valence-corrected chi connectivity index (χ3v) is 5.33. The molecule has 0 radical (unpaired) electrons. The van der Waals surface area contributed by atoms with Crippen LogP contribution in [0.1, 0.15) is 11.1 Å². The lowest BCUT2D eigenvalue weighted by Gasteiger charge is -2.12. The highest BCUT2D eigenvalue weighted by Gasteiger charge is 2.19. The lowest BCUT2D eigenvalue weighted by atomic mass is 10.1. The van der Waals surface area contributed by atoms with Crippen molar-refractivity contribution in [2.45, 2.75) is 13.5 Å². The molecular formula is C20H22N6O3S. The number of nitrogens with one attached hydrogen (secondary N) is 1. The fourth-order valence-electron chi connectivity index (χ4n) is 3.54. The zero-order valence-electron chi connectivity index (χ0n) is 16.8. The van der Waals surface area contributed by atoms with Crippen molar-refractivity contribution in [1.82, 2.24) is 19.3 Å². The van der Waals surface area contributed by atoms with E-state index in [-0.39, 0.29) is 0 Å². The first kappa shape index (κ1) is 19.9. The highest BCUT2D eigenvalue weighted by molar-refractivity contribution is 7.90. The summed E-state index contributed by atoms with van der Waals surface area (Å²) in [6.45, 7) is 2.61. The number of ether oxygens (including phenoxy) is 1. The molecule has 0 aliphatic carbocycles. The van der Waals surface area contributed by atoms with Crippen molar-refractivity contribution in [2.75, 3.05) is 11.8 Å². The summed E-state index contributed by atoms with van der Waals surface area (Å²) < 4.78 is 34.1. The Kier molecular flexibility index (Phi) is 4.96. The Labute approximate surface area is 174 Å². The van der Waals surface area contributed by atoms with Gasteiger partial charge in [-0.25, -0.2) is 10.1 Å². The molecule has 0 saturated heterocycles. The molecule has 0 spiro atoms. The van der Waals surface area contributed by atoms with Crippen LogP contribution in [0.2, 0.25) is 0 Å². The van der Waals surface area contributed by atoms with Gasteiger partial charge >= 0.3 is 0 Å². The Hall–Kier alpha value is -3.37. The molecule has 0 atom stereocenters. The van der Waals surface area contributed by atoms with Crippen molar-refractivity contribution in [3.63, 3.8) is 0 Å². The molecule has 3 aromatic heterocycles. The fourth-order valence-corrected chi connectivity index (χ4v) is 4.00. The van der Waals surface area contributed by atoms with Gasteiger partial charge in [-0.05, 0) is 36.2 Å². The van der Waals surface area contributed by atoms with Crippen LogP contribution in [0.25, 0.3) is 22.2 Å². The van der Waals surface area contributed by atoms with Crippen molar-refractivity contribution in [3.05, 3.63) is 60.0 Å². The highest BCUT2D eigenvalue weighted by atomic mass is 32.2. The molecule has 0 saturated carbocycles. The SMILES string of the molecule is COc1ncc2c(C)cn(Cc3ccc(NS(N)(=O)=O)cc3)c2c1-c1ccn(C)n1. The van der Waals surface area contributed by atoms with Gasteiger partial charge in [0, 0.05) is 43.3 Å². The van der Waals surface area contributed by atoms with Crippen LogP contribution >= 0.6 is 0 Å². The predicted molar refractivity (Wildman–Crippen MR) is 115 cm³/mol. The molecule has 0 aliphatic heterocycles. The number of aryl methyl sites for hydroxylation is 2. The van der Waals surface area contributed by atoms with Gasteiger partial charge in [0.1, 0.15) is 0 Å².